The van der Waals surface area contributed by atoms with Gasteiger partial charge in [0, 0.05) is 6.92 Å². The summed E-state index contributed by atoms with van der Waals surface area (Å²) in [6.07, 6.45) is 0. The van der Waals surface area contributed by atoms with Gasteiger partial charge in [-0.05, 0) is 6.58 Å². The maximum atomic E-state index is 9.86. The Bertz CT molecular complexity index is 73.5. The molecule has 33 valence electrons. The Kier molecular flexibility index (Phi) is 1.39. The van der Waals surface area contributed by atoms with Crippen molar-refractivity contribution >= 4 is 5.78 Å². The van der Waals surface area contributed by atoms with Crippen molar-refractivity contribution in [3.05, 3.63) is 12.3 Å². The van der Waals surface area contributed by atoms with Crippen molar-refractivity contribution in [2.75, 3.05) is 0 Å². The Hall–Kier alpha value is -0.790. The van der Waals surface area contributed by atoms with Gasteiger partial charge in [-0.15, -0.1) is 0 Å². The van der Waals surface area contributed by atoms with Crippen molar-refractivity contribution in [2.24, 2.45) is 5.73 Å². The average molecular weight is 84.1 g/mol. The van der Waals surface area contributed by atoms with E-state index < -0.39 is 0 Å². The molecular weight excluding hydrogens is 78.0 g/mol. The standard InChI is InChI=1S/C4H6NO/c1-3(5)4(2)6/h1H,5H2,2H3. The van der Waals surface area contributed by atoms with Gasteiger partial charge in [-0.3, -0.25) is 4.79 Å². The Labute approximate surface area is 36.6 Å². The molecule has 6 heavy (non-hydrogen) atoms. The highest BCUT2D eigenvalue weighted by Crippen LogP contribution is 1.73. The third kappa shape index (κ3) is 1.52. The van der Waals surface area contributed by atoms with Crippen molar-refractivity contribution in [3.63, 3.8) is 0 Å². The van der Waals surface area contributed by atoms with Crippen LogP contribution in [-0.2, 0) is 4.79 Å². The molecular formula is C4H6NO. The summed E-state index contributed by atoms with van der Waals surface area (Å²) >= 11 is 0. The summed E-state index contributed by atoms with van der Waals surface area (Å²) in [6.45, 7) is 6.09. The van der Waals surface area contributed by atoms with E-state index in [1.807, 2.05) is 0 Å². The highest BCUT2D eigenvalue weighted by atomic mass is 16.1. The molecule has 0 aliphatic heterocycles. The summed E-state index contributed by atoms with van der Waals surface area (Å²) in [5, 5.41) is 0. The molecule has 0 rings (SSSR count). The second kappa shape index (κ2) is 1.60. The molecule has 2 nitrogen and oxygen atoms in total. The van der Waals surface area contributed by atoms with Gasteiger partial charge in [-0.2, -0.15) is 0 Å². The van der Waals surface area contributed by atoms with Gasteiger partial charge in [-0.25, -0.2) is 0 Å². The fourth-order valence-corrected chi connectivity index (χ4v) is 0. The first kappa shape index (κ1) is 5.21. The van der Waals surface area contributed by atoms with Crippen LogP contribution < -0.4 is 5.73 Å². The van der Waals surface area contributed by atoms with E-state index in [0.717, 1.165) is 0 Å². The molecule has 0 fully saturated rings. The van der Waals surface area contributed by atoms with Crippen LogP contribution in [0.25, 0.3) is 0 Å². The second-order valence-electron chi connectivity index (χ2n) is 1.01. The molecule has 0 aromatic heterocycles. The Balaban J connectivity index is 3.57. The van der Waals surface area contributed by atoms with E-state index in [2.05, 4.69) is 0 Å². The molecule has 0 saturated heterocycles. The summed E-state index contributed by atoms with van der Waals surface area (Å²) in [6, 6.07) is 0. The molecule has 0 saturated carbocycles. The first-order valence-corrected chi connectivity index (χ1v) is 1.53. The molecule has 0 aromatic carbocycles. The molecule has 0 unspecified atom stereocenters. The van der Waals surface area contributed by atoms with E-state index >= 15 is 0 Å². The fourth-order valence-electron chi connectivity index (χ4n) is 0. The van der Waals surface area contributed by atoms with E-state index in [-0.39, 0.29) is 11.5 Å². The van der Waals surface area contributed by atoms with E-state index in [1.165, 1.54) is 6.92 Å². The van der Waals surface area contributed by atoms with Crippen molar-refractivity contribution in [3.8, 4) is 0 Å². The maximum absolute atomic E-state index is 9.86. The normalized spacial score (nSPS) is 7.50. The molecule has 0 aliphatic carbocycles. The van der Waals surface area contributed by atoms with Crippen LogP contribution >= 0.6 is 0 Å². The molecule has 0 aromatic rings. The van der Waals surface area contributed by atoms with Crippen LogP contribution in [0.1, 0.15) is 6.92 Å². The van der Waals surface area contributed by atoms with Gasteiger partial charge in [0.05, 0.1) is 5.70 Å². The lowest BCUT2D eigenvalue weighted by molar-refractivity contribution is -0.113. The predicted octanol–water partition coefficient (Wildman–Crippen LogP) is -0.149. The smallest absolute Gasteiger partial charge is 0.175 e. The van der Waals surface area contributed by atoms with Gasteiger partial charge < -0.3 is 5.73 Å². The highest BCUT2D eigenvalue weighted by molar-refractivity contribution is 5.91. The Morgan fingerprint density at radius 1 is 1.83 bits per heavy atom. The van der Waals surface area contributed by atoms with Gasteiger partial charge in [-0.1, -0.05) is 0 Å². The van der Waals surface area contributed by atoms with Crippen molar-refractivity contribution in [1.29, 1.82) is 0 Å². The number of allylic oxidation sites excluding steroid dienone is 1. The minimum absolute atomic E-state index is 0.130. The summed E-state index contributed by atoms with van der Waals surface area (Å²) in [5.74, 6) is -0.269. The van der Waals surface area contributed by atoms with Crippen LogP contribution in [0.4, 0.5) is 0 Å². The molecule has 0 atom stereocenters. The number of carbonyl (C=O) groups is 1. The SMILES string of the molecule is [CH]=C(N)C(C)=O. The van der Waals surface area contributed by atoms with Crippen LogP contribution in [0.3, 0.4) is 0 Å². The molecule has 1 radical (unpaired) electrons. The second-order valence-corrected chi connectivity index (χ2v) is 1.01. The third-order valence-corrected chi connectivity index (χ3v) is 0.407. The number of rotatable bonds is 1. The number of nitrogens with two attached hydrogens (primary N) is 1. The first-order chi connectivity index (χ1) is 2.64. The largest absolute Gasteiger partial charge is 0.396 e. The third-order valence-electron chi connectivity index (χ3n) is 0.407. The van der Waals surface area contributed by atoms with Gasteiger partial charge in [0.15, 0.2) is 5.78 Å². The lowest BCUT2D eigenvalue weighted by Gasteiger charge is -1.81. The Morgan fingerprint density at radius 2 is 2.00 bits per heavy atom. The maximum Gasteiger partial charge on any atom is 0.175 e. The lowest BCUT2D eigenvalue weighted by Crippen LogP contribution is -2.03. The van der Waals surface area contributed by atoms with Crippen LogP contribution in [0.2, 0.25) is 0 Å². The van der Waals surface area contributed by atoms with Gasteiger partial charge in [0.1, 0.15) is 0 Å². The molecule has 0 amide bonds. The molecule has 0 aliphatic rings. The van der Waals surface area contributed by atoms with Crippen molar-refractivity contribution in [1.82, 2.24) is 0 Å². The highest BCUT2D eigenvalue weighted by Gasteiger charge is 1.87. The summed E-state index contributed by atoms with van der Waals surface area (Å²) in [5.41, 5.74) is 4.65. The van der Waals surface area contributed by atoms with E-state index in [0.29, 0.717) is 0 Å². The van der Waals surface area contributed by atoms with Crippen molar-refractivity contribution in [2.45, 2.75) is 6.92 Å². The van der Waals surface area contributed by atoms with Gasteiger partial charge in [0.25, 0.3) is 0 Å². The first-order valence-electron chi connectivity index (χ1n) is 1.53. The van der Waals surface area contributed by atoms with E-state index in [9.17, 15) is 4.79 Å². The predicted molar refractivity (Wildman–Crippen MR) is 22.7 cm³/mol. The molecule has 2 heteroatoms. The minimum Gasteiger partial charge on any atom is -0.396 e. The van der Waals surface area contributed by atoms with E-state index in [4.69, 9.17) is 12.3 Å². The summed E-state index contributed by atoms with van der Waals surface area (Å²) in [7, 11) is 0. The number of Topliss-reactive ketones (excluding diaryl/α,β-unsaturated/α-hetero) is 1. The Morgan fingerprint density at radius 3 is 2.00 bits per heavy atom. The van der Waals surface area contributed by atoms with Crippen molar-refractivity contribution < 1.29 is 4.79 Å². The van der Waals surface area contributed by atoms with Gasteiger partial charge in [0.2, 0.25) is 0 Å². The van der Waals surface area contributed by atoms with Crippen LogP contribution in [0.15, 0.2) is 5.70 Å². The lowest BCUT2D eigenvalue weighted by atomic mass is 10.4. The molecule has 0 heterocycles. The fraction of sp³-hybridized carbons (Fsp3) is 0.250. The topological polar surface area (TPSA) is 43.1 Å². The van der Waals surface area contributed by atoms with Gasteiger partial charge >= 0.3 is 0 Å². The van der Waals surface area contributed by atoms with Crippen LogP contribution in [-0.4, -0.2) is 5.78 Å². The zero-order chi connectivity index (χ0) is 5.15. The van der Waals surface area contributed by atoms with Crippen LogP contribution in [0.5, 0.6) is 0 Å². The molecule has 0 spiro atoms. The zero-order valence-corrected chi connectivity index (χ0v) is 3.56. The van der Waals surface area contributed by atoms with Crippen LogP contribution in [0, 0.1) is 6.58 Å². The zero-order valence-electron chi connectivity index (χ0n) is 3.56. The summed E-state index contributed by atoms with van der Waals surface area (Å²) in [4.78, 5) is 9.86. The number of hydrogen-bond donors (Lipinski definition) is 1. The minimum atomic E-state index is -0.269. The molecule has 2 N–H and O–H groups in total. The monoisotopic (exact) mass is 84.0 g/mol. The summed E-state index contributed by atoms with van der Waals surface area (Å²) < 4.78 is 0. The number of ketones is 1. The quantitative estimate of drug-likeness (QED) is 0.449. The average Bonchev–Trinajstić information content (AvgIpc) is 1.36. The molecule has 0 bridgehead atoms. The van der Waals surface area contributed by atoms with E-state index in [1.54, 1.807) is 0 Å². The number of carbonyl (C=O) groups excluding carboxylic acids is 1. The number of hydrogen-bond acceptors (Lipinski definition) is 2.